The van der Waals surface area contributed by atoms with Gasteiger partial charge in [0, 0.05) is 12.8 Å². The van der Waals surface area contributed by atoms with E-state index in [2.05, 4.69) is 111 Å². The lowest BCUT2D eigenvalue weighted by Gasteiger charge is -2.30. The van der Waals surface area contributed by atoms with Gasteiger partial charge in [-0.25, -0.2) is 0 Å². The summed E-state index contributed by atoms with van der Waals surface area (Å²) in [6.07, 6.45) is 72.3. The predicted octanol–water partition coefficient (Wildman–Crippen LogP) is 18.1. The van der Waals surface area contributed by atoms with Crippen molar-refractivity contribution in [3.63, 3.8) is 0 Å². The molecule has 0 aliphatic carbocycles. The van der Waals surface area contributed by atoms with Gasteiger partial charge in [-0.1, -0.05) is 234 Å². The van der Waals surface area contributed by atoms with E-state index in [-0.39, 0.29) is 24.9 Å². The van der Waals surface area contributed by atoms with Crippen LogP contribution in [0, 0.1) is 0 Å². The van der Waals surface area contributed by atoms with Crippen molar-refractivity contribution in [2.75, 3.05) is 40.9 Å². The highest BCUT2D eigenvalue weighted by atomic mass is 31.2. The maximum absolute atomic E-state index is 13.5. The number of rotatable bonds is 54. The minimum Gasteiger partial charge on any atom is -0.756 e. The lowest BCUT2D eigenvalue weighted by molar-refractivity contribution is -0.870. The Morgan fingerprint density at radius 3 is 1.33 bits per heavy atom. The Labute approximate surface area is 462 Å². The lowest BCUT2D eigenvalue weighted by atomic mass is 10.0. The molecule has 10 heteroatoms. The summed E-state index contributed by atoms with van der Waals surface area (Å²) in [6.45, 7) is 6.66. The average Bonchev–Trinajstić information content (AvgIpc) is 3.37. The van der Waals surface area contributed by atoms with E-state index in [0.717, 1.165) is 141 Å². The first-order valence-corrected chi connectivity index (χ1v) is 32.0. The Hall–Kier alpha value is -3.07. The van der Waals surface area contributed by atoms with Crippen LogP contribution in [-0.4, -0.2) is 69.4 Å². The largest absolute Gasteiger partial charge is 0.756 e. The van der Waals surface area contributed by atoms with E-state index >= 15 is 0 Å². The summed E-state index contributed by atoms with van der Waals surface area (Å²) in [5, 5.41) is 3.01. The van der Waals surface area contributed by atoms with E-state index in [1.54, 1.807) is 0 Å². The lowest BCUT2D eigenvalue weighted by Crippen LogP contribution is -2.47. The monoisotopic (exact) mass is 1070 g/mol. The number of carbonyl (C=O) groups excluding carboxylic acids is 2. The first-order chi connectivity index (χ1) is 36.4. The Balaban J connectivity index is 5.22. The van der Waals surface area contributed by atoms with Gasteiger partial charge >= 0.3 is 5.97 Å². The van der Waals surface area contributed by atoms with E-state index in [4.69, 9.17) is 13.8 Å². The van der Waals surface area contributed by atoms with Gasteiger partial charge in [0.05, 0.1) is 33.8 Å². The Bertz CT molecular complexity index is 1610. The fourth-order valence-corrected chi connectivity index (χ4v) is 8.99. The van der Waals surface area contributed by atoms with Crippen molar-refractivity contribution < 1.29 is 37.3 Å². The van der Waals surface area contributed by atoms with Crippen molar-refractivity contribution in [3.05, 3.63) is 97.2 Å². The van der Waals surface area contributed by atoms with Crippen LogP contribution in [0.5, 0.6) is 0 Å². The van der Waals surface area contributed by atoms with Crippen LogP contribution in [0.2, 0.25) is 0 Å². The maximum Gasteiger partial charge on any atom is 0.306 e. The van der Waals surface area contributed by atoms with E-state index in [1.165, 1.54) is 70.6 Å². The van der Waals surface area contributed by atoms with Crippen molar-refractivity contribution in [2.45, 2.75) is 264 Å². The molecule has 0 aliphatic rings. The standard InChI is InChI=1S/C65H115N2O7P/c1-7-10-13-16-19-22-25-27-28-29-30-31-32-33-34-35-36-37-38-40-43-46-49-52-55-58-65(69)74-63(56-53-50-47-44-42-39-26-23-20-17-14-11-8-2)62(61-73-75(70,71)72-60-59-67(4,5)6)66-64(68)57-54-51-48-45-41-24-21-18-15-12-9-3/h10,13,18-19,21-22,27-28,30-31,33-34,36-37,53,56,62-63H,7-9,11-12,14-17,20,23-26,29,32,35,38-52,54-55,57-61H2,1-6H3,(H-,66,68,70,71)/b13-10-,21-18-,22-19-,28-27-,31-30-,34-33-,37-36-,56-53-. The number of amides is 1. The first-order valence-electron chi connectivity index (χ1n) is 30.5. The molecule has 0 fully saturated rings. The molecule has 0 aromatic rings. The van der Waals surface area contributed by atoms with Crippen molar-refractivity contribution in [3.8, 4) is 0 Å². The predicted molar refractivity (Wildman–Crippen MR) is 321 cm³/mol. The zero-order chi connectivity index (χ0) is 55.0. The third-order valence-electron chi connectivity index (χ3n) is 13.0. The second-order valence-corrected chi connectivity index (χ2v) is 22.9. The molecule has 75 heavy (non-hydrogen) atoms. The molecule has 0 aromatic carbocycles. The molecule has 1 amide bonds. The van der Waals surface area contributed by atoms with E-state index < -0.39 is 26.6 Å². The topological polar surface area (TPSA) is 114 Å². The summed E-state index contributed by atoms with van der Waals surface area (Å²) in [7, 11) is 1.16. The summed E-state index contributed by atoms with van der Waals surface area (Å²) in [6, 6.07) is -0.903. The van der Waals surface area contributed by atoms with Crippen LogP contribution >= 0.6 is 7.82 Å². The number of quaternary nitrogens is 1. The zero-order valence-electron chi connectivity index (χ0n) is 49.2. The molecule has 0 aliphatic heterocycles. The first kappa shape index (κ1) is 71.9. The van der Waals surface area contributed by atoms with Crippen LogP contribution in [-0.2, 0) is 27.9 Å². The van der Waals surface area contributed by atoms with E-state index in [0.29, 0.717) is 23.9 Å². The van der Waals surface area contributed by atoms with Gasteiger partial charge in [0.15, 0.2) is 0 Å². The van der Waals surface area contributed by atoms with Crippen LogP contribution < -0.4 is 10.2 Å². The van der Waals surface area contributed by atoms with Gasteiger partial charge in [-0.15, -0.1) is 0 Å². The summed E-state index contributed by atoms with van der Waals surface area (Å²) in [4.78, 5) is 39.9. The minimum absolute atomic E-state index is 0.0306. The molecule has 0 bridgehead atoms. The number of ether oxygens (including phenoxy) is 1. The molecule has 0 aromatic heterocycles. The van der Waals surface area contributed by atoms with Crippen LogP contribution in [0.25, 0.3) is 0 Å². The molecule has 1 N–H and O–H groups in total. The third kappa shape index (κ3) is 55.5. The molecule has 432 valence electrons. The number of likely N-dealkylation sites (N-methyl/N-ethyl adjacent to an activating group) is 1. The number of hydrogen-bond donors (Lipinski definition) is 1. The summed E-state index contributed by atoms with van der Waals surface area (Å²) >= 11 is 0. The van der Waals surface area contributed by atoms with Crippen LogP contribution in [0.15, 0.2) is 97.2 Å². The molecule has 0 radical (unpaired) electrons. The summed E-state index contributed by atoms with van der Waals surface area (Å²) in [5.74, 6) is -0.573. The number of esters is 1. The average molecular weight is 1070 g/mol. The highest BCUT2D eigenvalue weighted by Gasteiger charge is 2.27. The van der Waals surface area contributed by atoms with Crippen LogP contribution in [0.4, 0.5) is 0 Å². The fourth-order valence-electron chi connectivity index (χ4n) is 8.27. The summed E-state index contributed by atoms with van der Waals surface area (Å²) in [5.41, 5.74) is 0. The Kier molecular flexibility index (Phi) is 52.1. The third-order valence-corrected chi connectivity index (χ3v) is 14.0. The van der Waals surface area contributed by atoms with Gasteiger partial charge in [-0.05, 0) is 102 Å². The molecule has 3 atom stereocenters. The van der Waals surface area contributed by atoms with Gasteiger partial charge in [-0.3, -0.25) is 14.2 Å². The summed E-state index contributed by atoms with van der Waals surface area (Å²) < 4.78 is 30.2. The zero-order valence-corrected chi connectivity index (χ0v) is 50.1. The van der Waals surface area contributed by atoms with Crippen LogP contribution in [0.3, 0.4) is 0 Å². The number of phosphoric ester groups is 1. The van der Waals surface area contributed by atoms with Crippen molar-refractivity contribution >= 4 is 19.7 Å². The number of allylic oxidation sites excluding steroid dienone is 15. The molecule has 3 unspecified atom stereocenters. The normalized spacial score (nSPS) is 14.4. The fraction of sp³-hybridized carbons (Fsp3) is 0.723. The van der Waals surface area contributed by atoms with E-state index in [1.807, 2.05) is 33.3 Å². The quantitative estimate of drug-likeness (QED) is 0.0212. The highest BCUT2D eigenvalue weighted by molar-refractivity contribution is 7.45. The van der Waals surface area contributed by atoms with Gasteiger partial charge in [0.1, 0.15) is 19.3 Å². The Morgan fingerprint density at radius 2 is 0.867 bits per heavy atom. The molecule has 9 nitrogen and oxygen atoms in total. The van der Waals surface area contributed by atoms with Crippen LogP contribution in [0.1, 0.15) is 252 Å². The molecule has 0 rings (SSSR count). The van der Waals surface area contributed by atoms with Gasteiger partial charge in [-0.2, -0.15) is 0 Å². The van der Waals surface area contributed by atoms with Crippen molar-refractivity contribution in [2.24, 2.45) is 0 Å². The molecule has 0 saturated heterocycles. The SMILES string of the molecule is CC/C=C\C/C=C\C/C=C\C/C=C\C/C=C\C/C=C\CCCCCCCCC(=O)OC(/C=C\CCCCCCCCCCCCC)C(COP(=O)([O-])OCC[N+](C)(C)C)NC(=O)CCCCCCC/C=C\CCCC. The van der Waals surface area contributed by atoms with Gasteiger partial charge in [0.25, 0.3) is 7.82 Å². The number of carbonyl (C=O) groups is 2. The molecule has 0 heterocycles. The maximum atomic E-state index is 13.5. The molecule has 0 spiro atoms. The van der Waals surface area contributed by atoms with Crippen molar-refractivity contribution in [1.82, 2.24) is 5.32 Å². The molecule has 0 saturated carbocycles. The molecular weight excluding hydrogens is 952 g/mol. The number of hydrogen-bond acceptors (Lipinski definition) is 7. The van der Waals surface area contributed by atoms with E-state index in [9.17, 15) is 19.0 Å². The minimum atomic E-state index is -4.70. The number of unbranched alkanes of at least 4 members (excludes halogenated alkanes) is 24. The number of nitrogens with one attached hydrogen (secondary N) is 1. The second-order valence-electron chi connectivity index (χ2n) is 21.5. The Morgan fingerprint density at radius 1 is 0.480 bits per heavy atom. The highest BCUT2D eigenvalue weighted by Crippen LogP contribution is 2.38. The van der Waals surface area contributed by atoms with Gasteiger partial charge in [0.2, 0.25) is 5.91 Å². The van der Waals surface area contributed by atoms with Gasteiger partial charge < -0.3 is 28.5 Å². The molecular formula is C65H115N2O7P. The number of nitrogens with zero attached hydrogens (tertiary/aromatic N) is 1. The smallest absolute Gasteiger partial charge is 0.306 e. The van der Waals surface area contributed by atoms with Crippen molar-refractivity contribution in [1.29, 1.82) is 0 Å². The second kappa shape index (κ2) is 54.3. The number of phosphoric acid groups is 1.